The van der Waals surface area contributed by atoms with Crippen LogP contribution in [0.25, 0.3) is 0 Å². The fourth-order valence-electron chi connectivity index (χ4n) is 0.953. The Morgan fingerprint density at radius 2 is 2.00 bits per heavy atom. The van der Waals surface area contributed by atoms with E-state index in [4.69, 9.17) is 0 Å². The van der Waals surface area contributed by atoms with Crippen molar-refractivity contribution in [3.8, 4) is 0 Å². The molecule has 0 fully saturated rings. The lowest BCUT2D eigenvalue weighted by Crippen LogP contribution is -2.36. The van der Waals surface area contributed by atoms with Gasteiger partial charge in [0.15, 0.2) is 5.78 Å². The Balaban J connectivity index is 3.69. The minimum atomic E-state index is -0.325. The number of ketones is 1. The largest absolute Gasteiger partial charge is 0.347 e. The first-order chi connectivity index (χ1) is 5.57. The smallest absolute Gasteiger partial charge is 0.217 e. The van der Waals surface area contributed by atoms with Crippen LogP contribution in [-0.4, -0.2) is 17.7 Å². The highest BCUT2D eigenvalue weighted by Gasteiger charge is 2.11. The van der Waals surface area contributed by atoms with Crippen LogP contribution < -0.4 is 5.32 Å². The molecular weight excluding hydrogens is 154 g/mol. The zero-order valence-electron chi connectivity index (χ0n) is 8.02. The van der Waals surface area contributed by atoms with Gasteiger partial charge in [-0.2, -0.15) is 0 Å². The van der Waals surface area contributed by atoms with Gasteiger partial charge in [0, 0.05) is 13.3 Å². The average molecular weight is 171 g/mol. The first-order valence-corrected chi connectivity index (χ1v) is 4.37. The van der Waals surface area contributed by atoms with E-state index >= 15 is 0 Å². The second-order valence-corrected chi connectivity index (χ2v) is 2.99. The van der Waals surface area contributed by atoms with Crippen molar-refractivity contribution >= 4 is 11.7 Å². The van der Waals surface area contributed by atoms with Crippen molar-refractivity contribution in [1.29, 1.82) is 0 Å². The summed E-state index contributed by atoms with van der Waals surface area (Å²) >= 11 is 0. The summed E-state index contributed by atoms with van der Waals surface area (Å²) in [6, 6.07) is -0.325. The van der Waals surface area contributed by atoms with Crippen LogP contribution in [0.3, 0.4) is 0 Å². The normalized spacial score (nSPS) is 12.2. The molecule has 0 rings (SSSR count). The quantitative estimate of drug-likeness (QED) is 0.677. The molecular formula is C9H17NO2. The molecule has 1 N–H and O–H groups in total. The third-order valence-corrected chi connectivity index (χ3v) is 1.68. The highest BCUT2D eigenvalue weighted by Crippen LogP contribution is 1.98. The Morgan fingerprint density at radius 3 is 2.42 bits per heavy atom. The predicted octanol–water partition coefficient (Wildman–Crippen LogP) is 1.27. The van der Waals surface area contributed by atoms with Crippen molar-refractivity contribution < 1.29 is 9.59 Å². The summed E-state index contributed by atoms with van der Waals surface area (Å²) in [6.07, 6.45) is 2.49. The Labute approximate surface area is 73.5 Å². The maximum absolute atomic E-state index is 11.2. The Morgan fingerprint density at radius 1 is 1.42 bits per heavy atom. The standard InChI is InChI=1S/C9H17NO2/c1-4-5-6-9(12)7(2)10-8(3)11/h7H,4-6H2,1-3H3,(H,10,11)/t7-/m1/s1. The molecule has 12 heavy (non-hydrogen) atoms. The lowest BCUT2D eigenvalue weighted by Gasteiger charge is -2.10. The molecule has 0 saturated heterocycles. The van der Waals surface area contributed by atoms with Gasteiger partial charge in [-0.25, -0.2) is 0 Å². The first kappa shape index (κ1) is 11.1. The number of Topliss-reactive ketones (excluding diaryl/α,β-unsaturated/α-hetero) is 1. The molecule has 0 unspecified atom stereocenters. The molecule has 1 amide bonds. The molecule has 0 aromatic heterocycles. The van der Waals surface area contributed by atoms with Gasteiger partial charge in [0.2, 0.25) is 5.91 Å². The number of hydrogen-bond acceptors (Lipinski definition) is 2. The Bertz CT molecular complexity index is 166. The predicted molar refractivity (Wildman–Crippen MR) is 47.8 cm³/mol. The van der Waals surface area contributed by atoms with E-state index in [9.17, 15) is 9.59 Å². The third kappa shape index (κ3) is 4.88. The molecule has 3 heteroatoms. The van der Waals surface area contributed by atoms with E-state index in [0.717, 1.165) is 12.8 Å². The van der Waals surface area contributed by atoms with Gasteiger partial charge in [0.1, 0.15) is 0 Å². The molecule has 70 valence electrons. The first-order valence-electron chi connectivity index (χ1n) is 4.37. The fourth-order valence-corrected chi connectivity index (χ4v) is 0.953. The molecule has 0 aliphatic carbocycles. The minimum absolute atomic E-state index is 0.118. The zero-order chi connectivity index (χ0) is 9.56. The van der Waals surface area contributed by atoms with Gasteiger partial charge in [-0.15, -0.1) is 0 Å². The monoisotopic (exact) mass is 171 g/mol. The van der Waals surface area contributed by atoms with Crippen LogP contribution in [0.4, 0.5) is 0 Å². The molecule has 0 aliphatic heterocycles. The van der Waals surface area contributed by atoms with Gasteiger partial charge < -0.3 is 5.32 Å². The van der Waals surface area contributed by atoms with Gasteiger partial charge in [0.25, 0.3) is 0 Å². The van der Waals surface area contributed by atoms with E-state index in [1.165, 1.54) is 6.92 Å². The number of carbonyl (C=O) groups is 2. The van der Waals surface area contributed by atoms with Crippen LogP contribution >= 0.6 is 0 Å². The Hall–Kier alpha value is -0.860. The summed E-state index contributed by atoms with van der Waals surface area (Å²) < 4.78 is 0. The molecule has 0 radical (unpaired) electrons. The molecule has 0 heterocycles. The second-order valence-electron chi connectivity index (χ2n) is 2.99. The maximum Gasteiger partial charge on any atom is 0.217 e. The fraction of sp³-hybridized carbons (Fsp3) is 0.778. The van der Waals surface area contributed by atoms with Crippen molar-refractivity contribution in [3.63, 3.8) is 0 Å². The molecule has 0 saturated carbocycles. The van der Waals surface area contributed by atoms with Crippen molar-refractivity contribution in [2.24, 2.45) is 0 Å². The van der Waals surface area contributed by atoms with Gasteiger partial charge in [-0.1, -0.05) is 13.3 Å². The number of carbonyl (C=O) groups excluding carboxylic acids is 2. The lowest BCUT2D eigenvalue weighted by molar-refractivity contribution is -0.126. The second kappa shape index (κ2) is 5.75. The molecule has 3 nitrogen and oxygen atoms in total. The van der Waals surface area contributed by atoms with E-state index in [-0.39, 0.29) is 17.7 Å². The SMILES string of the molecule is CCCCC(=O)[C@@H](C)NC(C)=O. The molecule has 0 aromatic rings. The van der Waals surface area contributed by atoms with Crippen LogP contribution in [0.2, 0.25) is 0 Å². The van der Waals surface area contributed by atoms with Gasteiger partial charge >= 0.3 is 0 Å². The zero-order valence-corrected chi connectivity index (χ0v) is 8.02. The van der Waals surface area contributed by atoms with Crippen molar-refractivity contribution in [2.75, 3.05) is 0 Å². The lowest BCUT2D eigenvalue weighted by atomic mass is 10.1. The van der Waals surface area contributed by atoms with Crippen LogP contribution in [0, 0.1) is 0 Å². The van der Waals surface area contributed by atoms with Gasteiger partial charge in [-0.3, -0.25) is 9.59 Å². The molecule has 0 aliphatic rings. The Kier molecular flexibility index (Phi) is 5.34. The van der Waals surface area contributed by atoms with Crippen LogP contribution in [0.15, 0.2) is 0 Å². The van der Waals surface area contributed by atoms with E-state index in [1.54, 1.807) is 6.92 Å². The third-order valence-electron chi connectivity index (χ3n) is 1.68. The summed E-state index contributed by atoms with van der Waals surface area (Å²) in [7, 11) is 0. The maximum atomic E-state index is 11.2. The number of rotatable bonds is 5. The summed E-state index contributed by atoms with van der Waals surface area (Å²) in [5, 5.41) is 2.56. The summed E-state index contributed by atoms with van der Waals surface area (Å²) in [4.78, 5) is 21.8. The highest BCUT2D eigenvalue weighted by atomic mass is 16.2. The number of hydrogen-bond donors (Lipinski definition) is 1. The van der Waals surface area contributed by atoms with Crippen molar-refractivity contribution in [2.45, 2.75) is 46.1 Å². The minimum Gasteiger partial charge on any atom is -0.347 e. The van der Waals surface area contributed by atoms with Crippen molar-refractivity contribution in [3.05, 3.63) is 0 Å². The van der Waals surface area contributed by atoms with E-state index in [2.05, 4.69) is 5.32 Å². The summed E-state index contributed by atoms with van der Waals surface area (Å²) in [5.74, 6) is -0.0283. The molecule has 0 aromatic carbocycles. The number of nitrogens with one attached hydrogen (secondary N) is 1. The molecule has 0 bridgehead atoms. The van der Waals surface area contributed by atoms with Crippen LogP contribution in [-0.2, 0) is 9.59 Å². The van der Waals surface area contributed by atoms with Gasteiger partial charge in [-0.05, 0) is 13.3 Å². The van der Waals surface area contributed by atoms with Crippen LogP contribution in [0.1, 0.15) is 40.0 Å². The highest BCUT2D eigenvalue weighted by molar-refractivity contribution is 5.87. The molecule has 1 atom stereocenters. The summed E-state index contributed by atoms with van der Waals surface area (Å²) in [6.45, 7) is 5.18. The van der Waals surface area contributed by atoms with Gasteiger partial charge in [0.05, 0.1) is 6.04 Å². The number of unbranched alkanes of at least 4 members (excludes halogenated alkanes) is 1. The summed E-state index contributed by atoms with van der Waals surface area (Å²) in [5.41, 5.74) is 0. The van der Waals surface area contributed by atoms with E-state index in [0.29, 0.717) is 6.42 Å². The molecule has 0 spiro atoms. The van der Waals surface area contributed by atoms with Crippen molar-refractivity contribution in [1.82, 2.24) is 5.32 Å². The van der Waals surface area contributed by atoms with E-state index < -0.39 is 0 Å². The van der Waals surface area contributed by atoms with Crippen LogP contribution in [0.5, 0.6) is 0 Å². The topological polar surface area (TPSA) is 46.2 Å². The van der Waals surface area contributed by atoms with E-state index in [1.807, 2.05) is 6.92 Å². The average Bonchev–Trinajstić information content (AvgIpc) is 1.98. The number of amides is 1.